The molecule has 1 N–H and O–H groups in total. The van der Waals surface area contributed by atoms with Crippen molar-refractivity contribution in [3.63, 3.8) is 0 Å². The van der Waals surface area contributed by atoms with Gasteiger partial charge in [0.05, 0.1) is 37.7 Å². The summed E-state index contributed by atoms with van der Waals surface area (Å²) in [6, 6.07) is 10.2. The third-order valence-electron chi connectivity index (χ3n) is 4.03. The van der Waals surface area contributed by atoms with Crippen molar-refractivity contribution in [3.05, 3.63) is 48.3 Å². The fourth-order valence-electron chi connectivity index (χ4n) is 2.74. The quantitative estimate of drug-likeness (QED) is 0.943. The Hall–Kier alpha value is -2.34. The van der Waals surface area contributed by atoms with Crippen LogP contribution in [0.1, 0.15) is 18.9 Å². The maximum Gasteiger partial charge on any atom is 0.322 e. The minimum absolute atomic E-state index is 0.0839. The molecule has 122 valence electrons. The van der Waals surface area contributed by atoms with Crippen LogP contribution in [-0.2, 0) is 11.3 Å². The van der Waals surface area contributed by atoms with Crippen LogP contribution in [0.5, 0.6) is 0 Å². The predicted octanol–water partition coefficient (Wildman–Crippen LogP) is 2.57. The molecule has 1 aromatic heterocycles. The van der Waals surface area contributed by atoms with E-state index in [-0.39, 0.29) is 12.1 Å². The number of ether oxygens (including phenoxy) is 1. The van der Waals surface area contributed by atoms with Gasteiger partial charge < -0.3 is 15.0 Å². The first-order valence-electron chi connectivity index (χ1n) is 7.98. The van der Waals surface area contributed by atoms with Crippen molar-refractivity contribution in [2.45, 2.75) is 25.9 Å². The Kier molecular flexibility index (Phi) is 4.92. The minimum Gasteiger partial charge on any atom is -0.377 e. The van der Waals surface area contributed by atoms with Gasteiger partial charge in [-0.3, -0.25) is 4.68 Å². The van der Waals surface area contributed by atoms with E-state index in [1.54, 1.807) is 6.20 Å². The first kappa shape index (κ1) is 15.6. The highest BCUT2D eigenvalue weighted by Crippen LogP contribution is 2.14. The van der Waals surface area contributed by atoms with E-state index in [2.05, 4.69) is 29.5 Å². The SMILES string of the molecule is CCC1COCCN1C(=O)Nc1cnn(Cc2ccccc2)c1. The topological polar surface area (TPSA) is 59.4 Å². The van der Waals surface area contributed by atoms with Gasteiger partial charge in [-0.2, -0.15) is 5.10 Å². The Morgan fingerprint density at radius 2 is 2.22 bits per heavy atom. The number of aromatic nitrogens is 2. The van der Waals surface area contributed by atoms with E-state index in [0.717, 1.165) is 6.42 Å². The standard InChI is InChI=1S/C17H22N4O2/c1-2-16-13-23-9-8-21(16)17(22)19-15-10-18-20(12-15)11-14-6-4-3-5-7-14/h3-7,10,12,16H,2,8-9,11,13H2,1H3,(H,19,22). The summed E-state index contributed by atoms with van der Waals surface area (Å²) >= 11 is 0. The zero-order valence-electron chi connectivity index (χ0n) is 13.3. The molecule has 1 fully saturated rings. The summed E-state index contributed by atoms with van der Waals surface area (Å²) in [4.78, 5) is 14.3. The van der Waals surface area contributed by atoms with Crippen LogP contribution < -0.4 is 5.32 Å². The zero-order valence-corrected chi connectivity index (χ0v) is 13.3. The number of hydrogen-bond acceptors (Lipinski definition) is 3. The Bertz CT molecular complexity index is 641. The van der Waals surface area contributed by atoms with Gasteiger partial charge in [0, 0.05) is 12.7 Å². The summed E-state index contributed by atoms with van der Waals surface area (Å²) in [6.45, 7) is 4.58. The molecule has 6 heteroatoms. The average molecular weight is 314 g/mol. The number of carbonyl (C=O) groups excluding carboxylic acids is 1. The lowest BCUT2D eigenvalue weighted by molar-refractivity contribution is 0.0144. The molecule has 1 atom stereocenters. The molecule has 1 saturated heterocycles. The van der Waals surface area contributed by atoms with Crippen molar-refractivity contribution in [1.29, 1.82) is 0 Å². The summed E-state index contributed by atoms with van der Waals surface area (Å²) in [6.07, 6.45) is 4.43. The highest BCUT2D eigenvalue weighted by molar-refractivity contribution is 5.89. The number of anilines is 1. The number of urea groups is 1. The molecule has 0 saturated carbocycles. The largest absolute Gasteiger partial charge is 0.377 e. The summed E-state index contributed by atoms with van der Waals surface area (Å²) < 4.78 is 7.26. The van der Waals surface area contributed by atoms with Gasteiger partial charge in [0.15, 0.2) is 0 Å². The maximum absolute atomic E-state index is 12.4. The van der Waals surface area contributed by atoms with Crippen molar-refractivity contribution < 1.29 is 9.53 Å². The molecule has 6 nitrogen and oxygen atoms in total. The molecule has 0 bridgehead atoms. The lowest BCUT2D eigenvalue weighted by Gasteiger charge is -2.34. The predicted molar refractivity (Wildman–Crippen MR) is 88.4 cm³/mol. The van der Waals surface area contributed by atoms with Crippen LogP contribution in [-0.4, -0.2) is 46.5 Å². The van der Waals surface area contributed by atoms with E-state index in [4.69, 9.17) is 4.74 Å². The molecular weight excluding hydrogens is 292 g/mol. The lowest BCUT2D eigenvalue weighted by Crippen LogP contribution is -2.50. The van der Waals surface area contributed by atoms with Crippen LogP contribution in [0.25, 0.3) is 0 Å². The molecule has 2 amide bonds. The normalized spacial score (nSPS) is 18.0. The fourth-order valence-corrected chi connectivity index (χ4v) is 2.74. The van der Waals surface area contributed by atoms with Crippen LogP contribution in [0.4, 0.5) is 10.5 Å². The summed E-state index contributed by atoms with van der Waals surface area (Å²) in [5, 5.41) is 7.24. The second kappa shape index (κ2) is 7.28. The second-order valence-electron chi connectivity index (χ2n) is 5.67. The van der Waals surface area contributed by atoms with E-state index in [0.29, 0.717) is 32.0 Å². The number of amides is 2. The monoisotopic (exact) mass is 314 g/mol. The Labute approximate surface area is 136 Å². The molecule has 1 unspecified atom stereocenters. The molecule has 1 aliphatic heterocycles. The Morgan fingerprint density at radius 3 is 3.00 bits per heavy atom. The third kappa shape index (κ3) is 3.90. The number of rotatable bonds is 4. The van der Waals surface area contributed by atoms with Crippen molar-refractivity contribution in [1.82, 2.24) is 14.7 Å². The van der Waals surface area contributed by atoms with Gasteiger partial charge in [-0.1, -0.05) is 37.3 Å². The smallest absolute Gasteiger partial charge is 0.322 e. The number of morpholine rings is 1. The van der Waals surface area contributed by atoms with E-state index >= 15 is 0 Å². The third-order valence-corrected chi connectivity index (χ3v) is 4.03. The highest BCUT2D eigenvalue weighted by atomic mass is 16.5. The number of benzene rings is 1. The Balaban J connectivity index is 1.61. The van der Waals surface area contributed by atoms with Crippen LogP contribution in [0.3, 0.4) is 0 Å². The lowest BCUT2D eigenvalue weighted by atomic mass is 10.2. The molecule has 3 rings (SSSR count). The van der Waals surface area contributed by atoms with Crippen LogP contribution in [0, 0.1) is 0 Å². The first-order valence-corrected chi connectivity index (χ1v) is 7.98. The van der Waals surface area contributed by atoms with E-state index in [1.165, 1.54) is 5.56 Å². The molecular formula is C17H22N4O2. The average Bonchev–Trinajstić information content (AvgIpc) is 3.02. The first-order chi connectivity index (χ1) is 11.3. The van der Waals surface area contributed by atoms with Crippen molar-refractivity contribution >= 4 is 11.7 Å². The van der Waals surface area contributed by atoms with E-state index < -0.39 is 0 Å². The molecule has 2 heterocycles. The van der Waals surface area contributed by atoms with Gasteiger partial charge in [0.1, 0.15) is 0 Å². The van der Waals surface area contributed by atoms with E-state index in [9.17, 15) is 4.79 Å². The summed E-state index contributed by atoms with van der Waals surface area (Å²) in [5.74, 6) is 0. The molecule has 23 heavy (non-hydrogen) atoms. The van der Waals surface area contributed by atoms with Crippen LogP contribution >= 0.6 is 0 Å². The molecule has 0 radical (unpaired) electrons. The molecule has 2 aromatic rings. The van der Waals surface area contributed by atoms with Gasteiger partial charge in [-0.05, 0) is 12.0 Å². The van der Waals surface area contributed by atoms with Gasteiger partial charge in [-0.25, -0.2) is 4.79 Å². The molecule has 1 aromatic carbocycles. The summed E-state index contributed by atoms with van der Waals surface area (Å²) in [7, 11) is 0. The fraction of sp³-hybridized carbons (Fsp3) is 0.412. The van der Waals surface area contributed by atoms with Crippen molar-refractivity contribution in [2.24, 2.45) is 0 Å². The van der Waals surface area contributed by atoms with Gasteiger partial charge in [0.25, 0.3) is 0 Å². The minimum atomic E-state index is -0.0839. The second-order valence-corrected chi connectivity index (χ2v) is 5.67. The van der Waals surface area contributed by atoms with E-state index in [1.807, 2.05) is 34.0 Å². The van der Waals surface area contributed by atoms with Crippen LogP contribution in [0.15, 0.2) is 42.7 Å². The molecule has 1 aliphatic rings. The van der Waals surface area contributed by atoms with Crippen molar-refractivity contribution in [2.75, 3.05) is 25.1 Å². The number of nitrogens with zero attached hydrogens (tertiary/aromatic N) is 3. The molecule has 0 aliphatic carbocycles. The van der Waals surface area contributed by atoms with Gasteiger partial charge in [0.2, 0.25) is 0 Å². The summed E-state index contributed by atoms with van der Waals surface area (Å²) in [5.41, 5.74) is 1.89. The Morgan fingerprint density at radius 1 is 1.39 bits per heavy atom. The molecule has 0 spiro atoms. The number of nitrogens with one attached hydrogen (secondary N) is 1. The van der Waals surface area contributed by atoms with Crippen molar-refractivity contribution in [3.8, 4) is 0 Å². The number of hydrogen-bond donors (Lipinski definition) is 1. The zero-order chi connectivity index (χ0) is 16.1. The highest BCUT2D eigenvalue weighted by Gasteiger charge is 2.26. The van der Waals surface area contributed by atoms with Crippen LogP contribution in [0.2, 0.25) is 0 Å². The number of carbonyl (C=O) groups is 1. The van der Waals surface area contributed by atoms with Gasteiger partial charge >= 0.3 is 6.03 Å². The van der Waals surface area contributed by atoms with Gasteiger partial charge in [-0.15, -0.1) is 0 Å². The maximum atomic E-state index is 12.4.